The van der Waals surface area contributed by atoms with Crippen LogP contribution in [0.25, 0.3) is 11.1 Å². The van der Waals surface area contributed by atoms with Crippen molar-refractivity contribution in [1.82, 2.24) is 4.90 Å². The van der Waals surface area contributed by atoms with Gasteiger partial charge in [-0.25, -0.2) is 9.36 Å². The van der Waals surface area contributed by atoms with Crippen molar-refractivity contribution in [3.63, 3.8) is 0 Å². The molecular weight excluding hydrogens is 493 g/mol. The first kappa shape index (κ1) is 28.0. The molecule has 2 N–H and O–H groups in total. The van der Waals surface area contributed by atoms with Crippen molar-refractivity contribution >= 4 is 25.1 Å². The van der Waals surface area contributed by atoms with E-state index in [1.807, 2.05) is 42.5 Å². The van der Waals surface area contributed by atoms with E-state index in [2.05, 4.69) is 19.1 Å². The summed E-state index contributed by atoms with van der Waals surface area (Å²) in [5, 5.41) is 0. The van der Waals surface area contributed by atoms with Gasteiger partial charge < -0.3 is 18.9 Å². The van der Waals surface area contributed by atoms with Crippen LogP contribution in [0.1, 0.15) is 37.0 Å². The predicted molar refractivity (Wildman–Crippen MR) is 143 cm³/mol. The highest BCUT2D eigenvalue weighted by Gasteiger charge is 2.17. The summed E-state index contributed by atoms with van der Waals surface area (Å²) >= 11 is 0. The van der Waals surface area contributed by atoms with E-state index in [9.17, 15) is 9.36 Å². The Morgan fingerprint density at radius 3 is 1.92 bits per heavy atom. The molecule has 0 heterocycles. The lowest BCUT2D eigenvalue weighted by molar-refractivity contribution is 0.110. The maximum atomic E-state index is 11.7. The molecule has 0 saturated carbocycles. The van der Waals surface area contributed by atoms with Crippen LogP contribution in [-0.2, 0) is 9.30 Å². The monoisotopic (exact) mass is 525 g/mol. The zero-order valence-electron chi connectivity index (χ0n) is 21.2. The van der Waals surface area contributed by atoms with Crippen LogP contribution in [-0.4, -0.2) is 47.6 Å². The molecule has 37 heavy (non-hydrogen) atoms. The fourth-order valence-corrected chi connectivity index (χ4v) is 4.24. The summed E-state index contributed by atoms with van der Waals surface area (Å²) in [6.45, 7) is 4.89. The minimum atomic E-state index is -4.64. The van der Waals surface area contributed by atoms with Crippen molar-refractivity contribution in [3.8, 4) is 11.5 Å². The smallest absolute Gasteiger partial charge is 0.492 e. The van der Waals surface area contributed by atoms with Gasteiger partial charge in [-0.15, -0.1) is 0 Å². The predicted octanol–water partition coefficient (Wildman–Crippen LogP) is 5.99. The van der Waals surface area contributed by atoms with E-state index in [1.165, 1.54) is 4.90 Å². The van der Waals surface area contributed by atoms with Crippen LogP contribution in [0.3, 0.4) is 0 Å². The molecule has 0 aliphatic carbocycles. The first-order valence-electron chi connectivity index (χ1n) is 12.0. The van der Waals surface area contributed by atoms with Gasteiger partial charge in [-0.2, -0.15) is 0 Å². The minimum Gasteiger partial charge on any atom is -0.492 e. The number of carbonyl (C=O) groups is 1. The summed E-state index contributed by atoms with van der Waals surface area (Å²) in [6, 6.07) is 24.4. The van der Waals surface area contributed by atoms with Crippen LogP contribution in [0.4, 0.5) is 4.79 Å². The highest BCUT2D eigenvalue weighted by molar-refractivity contribution is 7.46. The molecule has 0 saturated heterocycles. The maximum absolute atomic E-state index is 11.7. The molecule has 0 fully saturated rings. The van der Waals surface area contributed by atoms with Gasteiger partial charge in [0.2, 0.25) is 0 Å². The minimum absolute atomic E-state index is 0.0886. The fourth-order valence-electron chi connectivity index (χ4n) is 3.84. The number of nitrogens with zero attached hydrogens (tertiary/aromatic N) is 1. The molecule has 0 radical (unpaired) electrons. The van der Waals surface area contributed by atoms with Gasteiger partial charge in [-0.05, 0) is 65.4 Å². The topological polar surface area (TPSA) is 106 Å². The summed E-state index contributed by atoms with van der Waals surface area (Å²) in [4.78, 5) is 31.4. The molecule has 1 amide bonds. The number of phosphoric acid groups is 1. The highest BCUT2D eigenvalue weighted by atomic mass is 31.2. The Hall–Kier alpha value is -3.58. The maximum Gasteiger partial charge on any atom is 0.524 e. The van der Waals surface area contributed by atoms with Gasteiger partial charge in [0.15, 0.2) is 0 Å². The summed E-state index contributed by atoms with van der Waals surface area (Å²) < 4.78 is 26.7. The van der Waals surface area contributed by atoms with Crippen LogP contribution in [0.5, 0.6) is 11.5 Å². The first-order valence-corrected chi connectivity index (χ1v) is 13.5. The summed E-state index contributed by atoms with van der Waals surface area (Å²) in [5.41, 5.74) is 5.03. The van der Waals surface area contributed by atoms with E-state index in [-0.39, 0.29) is 11.8 Å². The highest BCUT2D eigenvalue weighted by Crippen LogP contribution is 2.39. The van der Waals surface area contributed by atoms with E-state index < -0.39 is 7.82 Å². The van der Waals surface area contributed by atoms with Crippen molar-refractivity contribution in [3.05, 3.63) is 95.6 Å². The lowest BCUT2D eigenvalue weighted by atomic mass is 9.88. The lowest BCUT2D eigenvalue weighted by Gasteiger charge is -2.18. The molecule has 0 aliphatic rings. The summed E-state index contributed by atoms with van der Waals surface area (Å²) in [6.07, 6.45) is 0.375. The quantitative estimate of drug-likeness (QED) is 0.234. The number of allylic oxidation sites excluding steroid dienone is 1. The van der Waals surface area contributed by atoms with Crippen molar-refractivity contribution in [2.45, 2.75) is 20.3 Å². The van der Waals surface area contributed by atoms with Crippen LogP contribution < -0.4 is 9.26 Å². The van der Waals surface area contributed by atoms with Gasteiger partial charge >= 0.3 is 13.9 Å². The number of ether oxygens (including phenoxy) is 2. The molecule has 8 nitrogen and oxygen atoms in total. The third-order valence-corrected chi connectivity index (χ3v) is 6.01. The first-order chi connectivity index (χ1) is 17.7. The number of hydrogen-bond donors (Lipinski definition) is 2. The molecule has 3 aromatic rings. The van der Waals surface area contributed by atoms with Crippen molar-refractivity contribution in [2.24, 2.45) is 0 Å². The van der Waals surface area contributed by atoms with Gasteiger partial charge in [-0.3, -0.25) is 9.79 Å². The number of rotatable bonds is 11. The molecule has 0 bridgehead atoms. The van der Waals surface area contributed by atoms with Gasteiger partial charge in [0.1, 0.15) is 18.1 Å². The normalized spacial score (nSPS) is 11.9. The molecule has 9 heteroatoms. The van der Waals surface area contributed by atoms with Gasteiger partial charge in [0.05, 0.1) is 13.2 Å². The van der Waals surface area contributed by atoms with Gasteiger partial charge in [0.25, 0.3) is 0 Å². The molecule has 0 aromatic heterocycles. The number of carbonyl (C=O) groups excluding carboxylic acids is 1. The van der Waals surface area contributed by atoms with Crippen molar-refractivity contribution in [1.29, 1.82) is 0 Å². The van der Waals surface area contributed by atoms with Crippen LogP contribution in [0.15, 0.2) is 78.9 Å². The molecule has 3 rings (SSSR count). The summed E-state index contributed by atoms with van der Waals surface area (Å²) in [7, 11) is -2.98. The average Bonchev–Trinajstić information content (AvgIpc) is 2.88. The number of phosphoric ester groups is 1. The van der Waals surface area contributed by atoms with E-state index in [1.54, 1.807) is 38.2 Å². The Labute approximate surface area is 217 Å². The van der Waals surface area contributed by atoms with E-state index in [4.69, 9.17) is 23.8 Å². The Morgan fingerprint density at radius 2 is 1.41 bits per heavy atom. The van der Waals surface area contributed by atoms with E-state index in [0.29, 0.717) is 25.5 Å². The molecule has 0 aliphatic heterocycles. The zero-order valence-corrected chi connectivity index (χ0v) is 22.1. The third kappa shape index (κ3) is 8.22. The number of amides is 1. The molecule has 0 atom stereocenters. The molecular formula is C28H32NO7P. The SMILES string of the molecule is CCOC(=O)N(C)CCOc1ccc(/C(=C(/CC)c2ccccc2)c2ccc(OP(=O)(O)O)cc2)cc1. The molecule has 3 aromatic carbocycles. The Kier molecular flexibility index (Phi) is 9.92. The molecule has 196 valence electrons. The molecule has 0 unspecified atom stereocenters. The van der Waals surface area contributed by atoms with Crippen LogP contribution >= 0.6 is 7.82 Å². The standard InChI is InChI=1S/C28H32NO7P/c1-4-26(21-9-7-6-8-10-21)27(23-13-17-25(18-14-23)36-37(31,32)33)22-11-15-24(16-12-22)35-20-19-29(3)28(30)34-5-2/h6-18H,4-5,19-20H2,1-3H3,(H2,31,32,33)/b27-26+. The van der Waals surface area contributed by atoms with Gasteiger partial charge in [-0.1, -0.05) is 61.5 Å². The second-order valence-corrected chi connectivity index (χ2v) is 9.34. The second-order valence-electron chi connectivity index (χ2n) is 8.17. The van der Waals surface area contributed by atoms with Gasteiger partial charge in [0, 0.05) is 7.05 Å². The fraction of sp³-hybridized carbons (Fsp3) is 0.250. The van der Waals surface area contributed by atoms with E-state index >= 15 is 0 Å². The van der Waals surface area contributed by atoms with Crippen molar-refractivity contribution in [2.75, 3.05) is 26.8 Å². The number of hydrogen-bond acceptors (Lipinski definition) is 5. The Morgan fingerprint density at radius 1 is 0.838 bits per heavy atom. The Balaban J connectivity index is 1.89. The zero-order chi connectivity index (χ0) is 26.8. The Bertz CT molecular complexity index is 1240. The van der Waals surface area contributed by atoms with E-state index in [0.717, 1.165) is 34.3 Å². The largest absolute Gasteiger partial charge is 0.524 e. The second kappa shape index (κ2) is 13.1. The third-order valence-electron chi connectivity index (χ3n) is 5.56. The van der Waals surface area contributed by atoms with Crippen LogP contribution in [0.2, 0.25) is 0 Å². The number of benzene rings is 3. The van der Waals surface area contributed by atoms with Crippen LogP contribution in [0, 0.1) is 0 Å². The number of likely N-dealkylation sites (N-methyl/N-ethyl adjacent to an activating group) is 1. The summed E-state index contributed by atoms with van der Waals surface area (Å²) in [5.74, 6) is 0.759. The lowest BCUT2D eigenvalue weighted by Crippen LogP contribution is -2.31. The van der Waals surface area contributed by atoms with Crippen molar-refractivity contribution < 1.29 is 33.1 Å². The molecule has 0 spiro atoms. The average molecular weight is 526 g/mol.